The molecule has 2 saturated carbocycles. The lowest BCUT2D eigenvalue weighted by molar-refractivity contribution is -0.141. The molecule has 3 aromatic rings. The molecular weight excluding hydrogens is 505 g/mol. The van der Waals surface area contributed by atoms with Crippen LogP contribution in [0.2, 0.25) is 5.02 Å². The number of nitriles is 1. The van der Waals surface area contributed by atoms with E-state index >= 15 is 0 Å². The molecule has 4 heterocycles. The molecule has 1 spiro atoms. The average Bonchev–Trinajstić information content (AvgIpc) is 3.54. The molecule has 190 valence electrons. The van der Waals surface area contributed by atoms with E-state index < -0.39 is 17.4 Å². The molecule has 8 nitrogen and oxygen atoms in total. The molecule has 4 aliphatic rings. The number of halogens is 4. The minimum atomic E-state index is -4.49. The number of aromatic nitrogens is 5. The molecular formula is C25H22ClF3N8. The van der Waals surface area contributed by atoms with Crippen LogP contribution in [0.25, 0.3) is 5.69 Å². The van der Waals surface area contributed by atoms with E-state index in [0.717, 1.165) is 60.8 Å². The van der Waals surface area contributed by atoms with Crippen molar-refractivity contribution in [1.82, 2.24) is 29.6 Å². The van der Waals surface area contributed by atoms with Gasteiger partial charge in [0, 0.05) is 42.2 Å². The Morgan fingerprint density at radius 1 is 1.08 bits per heavy atom. The van der Waals surface area contributed by atoms with Gasteiger partial charge in [0.05, 0.1) is 18.3 Å². The van der Waals surface area contributed by atoms with E-state index in [1.807, 2.05) is 23.1 Å². The van der Waals surface area contributed by atoms with Gasteiger partial charge >= 0.3 is 6.18 Å². The molecule has 2 aromatic heterocycles. The summed E-state index contributed by atoms with van der Waals surface area (Å²) in [5.41, 5.74) is 0.673. The molecule has 37 heavy (non-hydrogen) atoms. The van der Waals surface area contributed by atoms with E-state index in [1.165, 1.54) is 0 Å². The molecule has 7 rings (SSSR count). The first-order chi connectivity index (χ1) is 17.7. The largest absolute Gasteiger partial charge is 0.433 e. The lowest BCUT2D eigenvalue weighted by atomic mass is 9.57. The Labute approximate surface area is 215 Å². The quantitative estimate of drug-likeness (QED) is 0.497. The SMILES string of the molecule is N#CC1(N2Cc3cc(Cl)ccc3-n3c(nnc3C3CC4(C3)CN(c3nccc(C(F)(F)F)n3)C4)C2)CC1. The first kappa shape index (κ1) is 22.9. The van der Waals surface area contributed by atoms with E-state index in [-0.39, 0.29) is 17.3 Å². The van der Waals surface area contributed by atoms with Crippen molar-refractivity contribution < 1.29 is 13.2 Å². The molecule has 0 unspecified atom stereocenters. The fraction of sp³-hybridized carbons (Fsp3) is 0.480. The third-order valence-electron chi connectivity index (χ3n) is 8.26. The van der Waals surface area contributed by atoms with Crippen molar-refractivity contribution in [3.05, 3.63) is 58.4 Å². The molecule has 0 amide bonds. The van der Waals surface area contributed by atoms with Gasteiger partial charge in [0.25, 0.3) is 0 Å². The summed E-state index contributed by atoms with van der Waals surface area (Å²) in [4.78, 5) is 11.8. The molecule has 0 radical (unpaired) electrons. The normalized spacial score (nSPS) is 21.9. The zero-order valence-electron chi connectivity index (χ0n) is 19.7. The van der Waals surface area contributed by atoms with Crippen LogP contribution in [-0.2, 0) is 19.3 Å². The van der Waals surface area contributed by atoms with E-state index in [1.54, 1.807) is 0 Å². The maximum Gasteiger partial charge on any atom is 0.433 e. The highest BCUT2D eigenvalue weighted by Gasteiger charge is 2.55. The van der Waals surface area contributed by atoms with Gasteiger partial charge in [0.2, 0.25) is 5.95 Å². The second kappa shape index (κ2) is 7.65. The van der Waals surface area contributed by atoms with Gasteiger partial charge in [-0.2, -0.15) is 18.4 Å². The summed E-state index contributed by atoms with van der Waals surface area (Å²) in [5.74, 6) is 2.01. The number of fused-ring (bicyclic) bond motifs is 3. The maximum absolute atomic E-state index is 13.0. The van der Waals surface area contributed by atoms with E-state index in [0.29, 0.717) is 31.2 Å². The second-order valence-electron chi connectivity index (χ2n) is 10.8. The van der Waals surface area contributed by atoms with Crippen molar-refractivity contribution in [2.45, 2.75) is 56.4 Å². The molecule has 1 aromatic carbocycles. The Morgan fingerprint density at radius 2 is 1.86 bits per heavy atom. The molecule has 0 N–H and O–H groups in total. The van der Waals surface area contributed by atoms with Crippen LogP contribution < -0.4 is 4.90 Å². The zero-order valence-corrected chi connectivity index (χ0v) is 20.5. The third-order valence-corrected chi connectivity index (χ3v) is 8.50. The highest BCUT2D eigenvalue weighted by molar-refractivity contribution is 6.30. The Balaban J connectivity index is 1.12. The monoisotopic (exact) mass is 526 g/mol. The summed E-state index contributed by atoms with van der Waals surface area (Å²) in [7, 11) is 0. The van der Waals surface area contributed by atoms with Crippen LogP contribution in [0.15, 0.2) is 30.5 Å². The first-order valence-electron chi connectivity index (χ1n) is 12.2. The predicted molar refractivity (Wildman–Crippen MR) is 127 cm³/mol. The van der Waals surface area contributed by atoms with Crippen LogP contribution in [0.4, 0.5) is 19.1 Å². The molecule has 2 aliphatic carbocycles. The highest BCUT2D eigenvalue weighted by atomic mass is 35.5. The van der Waals surface area contributed by atoms with Gasteiger partial charge in [-0.1, -0.05) is 11.6 Å². The fourth-order valence-electron chi connectivity index (χ4n) is 6.20. The lowest BCUT2D eigenvalue weighted by Gasteiger charge is -2.58. The van der Waals surface area contributed by atoms with Gasteiger partial charge in [-0.15, -0.1) is 10.2 Å². The summed E-state index contributed by atoms with van der Waals surface area (Å²) in [5, 5.41) is 19.6. The van der Waals surface area contributed by atoms with Gasteiger partial charge < -0.3 is 4.90 Å². The van der Waals surface area contributed by atoms with Crippen molar-refractivity contribution in [2.24, 2.45) is 5.41 Å². The number of nitrogens with zero attached hydrogens (tertiary/aromatic N) is 8. The summed E-state index contributed by atoms with van der Waals surface area (Å²) in [6.07, 6.45) is 0.103. The number of alkyl halides is 3. The van der Waals surface area contributed by atoms with Crippen molar-refractivity contribution in [3.63, 3.8) is 0 Å². The Kier molecular flexibility index (Phi) is 4.74. The summed E-state index contributed by atoms with van der Waals surface area (Å²) in [6, 6.07) is 9.20. The molecule has 12 heteroatoms. The van der Waals surface area contributed by atoms with Gasteiger partial charge in [-0.25, -0.2) is 9.97 Å². The highest BCUT2D eigenvalue weighted by Crippen LogP contribution is 2.56. The Morgan fingerprint density at radius 3 is 2.57 bits per heavy atom. The Bertz CT molecular complexity index is 1440. The van der Waals surface area contributed by atoms with Crippen LogP contribution in [0, 0.1) is 16.7 Å². The lowest BCUT2D eigenvalue weighted by Crippen LogP contribution is -2.62. The Hall–Kier alpha value is -3.23. The van der Waals surface area contributed by atoms with Crippen LogP contribution in [0.1, 0.15) is 54.5 Å². The predicted octanol–water partition coefficient (Wildman–Crippen LogP) is 4.49. The van der Waals surface area contributed by atoms with Crippen LogP contribution in [0.3, 0.4) is 0 Å². The topological polar surface area (TPSA) is 86.8 Å². The fourth-order valence-corrected chi connectivity index (χ4v) is 6.40. The average molecular weight is 527 g/mol. The van der Waals surface area contributed by atoms with Crippen molar-refractivity contribution >= 4 is 17.5 Å². The minimum Gasteiger partial charge on any atom is -0.340 e. The van der Waals surface area contributed by atoms with Crippen LogP contribution >= 0.6 is 11.6 Å². The van der Waals surface area contributed by atoms with Gasteiger partial charge in [-0.05, 0) is 55.5 Å². The van der Waals surface area contributed by atoms with E-state index in [4.69, 9.17) is 11.6 Å². The summed E-state index contributed by atoms with van der Waals surface area (Å²) >= 11 is 6.34. The number of hydrogen-bond acceptors (Lipinski definition) is 7. The summed E-state index contributed by atoms with van der Waals surface area (Å²) in [6.45, 7) is 2.39. The maximum atomic E-state index is 13.0. The number of hydrogen-bond donors (Lipinski definition) is 0. The third kappa shape index (κ3) is 3.61. The van der Waals surface area contributed by atoms with E-state index in [2.05, 4.69) is 35.7 Å². The molecule has 0 bridgehead atoms. The first-order valence-corrected chi connectivity index (χ1v) is 12.6. The van der Waals surface area contributed by atoms with Crippen molar-refractivity contribution in [3.8, 4) is 11.8 Å². The van der Waals surface area contributed by atoms with E-state index in [9.17, 15) is 18.4 Å². The molecule has 0 atom stereocenters. The number of rotatable bonds is 3. The number of benzene rings is 1. The molecule has 3 fully saturated rings. The van der Waals surface area contributed by atoms with Gasteiger partial charge in [-0.3, -0.25) is 9.47 Å². The van der Waals surface area contributed by atoms with Gasteiger partial charge in [0.1, 0.15) is 17.1 Å². The molecule has 2 aliphatic heterocycles. The van der Waals surface area contributed by atoms with Crippen molar-refractivity contribution in [1.29, 1.82) is 5.26 Å². The van der Waals surface area contributed by atoms with Crippen molar-refractivity contribution in [2.75, 3.05) is 18.0 Å². The summed E-state index contributed by atoms with van der Waals surface area (Å²) < 4.78 is 41.3. The minimum absolute atomic E-state index is 0.0210. The van der Waals surface area contributed by atoms with Crippen LogP contribution in [-0.4, -0.2) is 48.3 Å². The smallest absolute Gasteiger partial charge is 0.340 e. The number of anilines is 1. The molecule has 1 saturated heterocycles. The van der Waals surface area contributed by atoms with Crippen LogP contribution in [0.5, 0.6) is 0 Å². The van der Waals surface area contributed by atoms with Gasteiger partial charge in [0.15, 0.2) is 5.82 Å². The second-order valence-corrected chi connectivity index (χ2v) is 11.2. The zero-order chi connectivity index (χ0) is 25.6. The standard InChI is InChI=1S/C25H22ClF3N8/c26-17-1-2-18-15(7-17)10-36(24(12-30)4-5-24)11-20-33-34-21(37(18)20)16-8-23(9-16)13-35(14-23)22-31-6-3-19(32-22)25(27,28)29/h1-3,6-7,16H,4-5,8-11,13-14H2.